The molecule has 1 rings (SSSR count). The van der Waals surface area contributed by atoms with Crippen LogP contribution < -0.4 is 5.73 Å². The van der Waals surface area contributed by atoms with Crippen LogP contribution in [0.1, 0.15) is 25.1 Å². The highest BCUT2D eigenvalue weighted by atomic mass is 16.3. The number of aromatic nitrogens is 1. The normalized spacial score (nSPS) is 13.2. The van der Waals surface area contributed by atoms with E-state index in [-0.39, 0.29) is 0 Å². The summed E-state index contributed by atoms with van der Waals surface area (Å²) >= 11 is 0. The fourth-order valence-electron chi connectivity index (χ4n) is 1.32. The average molecular weight is 168 g/mol. The molecule has 1 aromatic heterocycles. The molecule has 0 radical (unpaired) electrons. The number of aliphatic hydroxyl groups is 1. The van der Waals surface area contributed by atoms with Crippen molar-refractivity contribution in [2.45, 2.75) is 26.0 Å². The maximum Gasteiger partial charge on any atom is 0.0951 e. The van der Waals surface area contributed by atoms with Gasteiger partial charge in [0.2, 0.25) is 0 Å². The minimum absolute atomic E-state index is 0.412. The van der Waals surface area contributed by atoms with Gasteiger partial charge in [-0.3, -0.25) is 0 Å². The first-order valence-electron chi connectivity index (χ1n) is 4.32. The van der Waals surface area contributed by atoms with Crippen LogP contribution >= 0.6 is 0 Å². The van der Waals surface area contributed by atoms with Gasteiger partial charge < -0.3 is 15.4 Å². The molecule has 68 valence electrons. The van der Waals surface area contributed by atoms with Crippen LogP contribution in [-0.2, 0) is 6.54 Å². The minimum Gasteiger partial charge on any atom is -0.387 e. The van der Waals surface area contributed by atoms with Crippen LogP contribution in [0.15, 0.2) is 18.3 Å². The van der Waals surface area contributed by atoms with Gasteiger partial charge in [-0.25, -0.2) is 0 Å². The number of hydrogen-bond acceptors (Lipinski definition) is 2. The second kappa shape index (κ2) is 4.28. The third kappa shape index (κ3) is 1.87. The van der Waals surface area contributed by atoms with Gasteiger partial charge in [0, 0.05) is 18.4 Å². The first-order chi connectivity index (χ1) is 5.79. The minimum atomic E-state index is -0.412. The predicted molar refractivity (Wildman–Crippen MR) is 48.7 cm³/mol. The Kier molecular flexibility index (Phi) is 3.31. The lowest BCUT2D eigenvalue weighted by atomic mass is 10.2. The highest BCUT2D eigenvalue weighted by Gasteiger charge is 2.09. The van der Waals surface area contributed by atoms with E-state index in [0.29, 0.717) is 13.0 Å². The van der Waals surface area contributed by atoms with E-state index >= 15 is 0 Å². The van der Waals surface area contributed by atoms with E-state index in [2.05, 4.69) is 6.92 Å². The zero-order valence-corrected chi connectivity index (χ0v) is 7.40. The van der Waals surface area contributed by atoms with Crippen LogP contribution in [0.3, 0.4) is 0 Å². The van der Waals surface area contributed by atoms with E-state index < -0.39 is 6.10 Å². The summed E-state index contributed by atoms with van der Waals surface area (Å²) in [6, 6.07) is 3.88. The maximum absolute atomic E-state index is 9.62. The predicted octanol–water partition coefficient (Wildman–Crippen LogP) is 0.890. The van der Waals surface area contributed by atoms with Crippen molar-refractivity contribution in [2.24, 2.45) is 5.73 Å². The standard InChI is InChI=1S/C9H16N2O/c1-2-11-7-3-4-8(11)9(12)5-6-10/h3-4,7,9,12H,2,5-6,10H2,1H3. The first kappa shape index (κ1) is 9.29. The van der Waals surface area contributed by atoms with Crippen molar-refractivity contribution in [2.75, 3.05) is 6.54 Å². The van der Waals surface area contributed by atoms with Crippen molar-refractivity contribution in [3.8, 4) is 0 Å². The summed E-state index contributed by atoms with van der Waals surface area (Å²) < 4.78 is 2.03. The molecule has 0 fully saturated rings. The zero-order chi connectivity index (χ0) is 8.97. The van der Waals surface area contributed by atoms with Crippen molar-refractivity contribution in [1.82, 2.24) is 4.57 Å². The molecule has 0 aliphatic heterocycles. The van der Waals surface area contributed by atoms with E-state index in [4.69, 9.17) is 5.73 Å². The molecule has 1 unspecified atom stereocenters. The Balaban J connectivity index is 2.71. The van der Waals surface area contributed by atoms with Crippen molar-refractivity contribution in [3.63, 3.8) is 0 Å². The van der Waals surface area contributed by atoms with Crippen molar-refractivity contribution >= 4 is 0 Å². The number of nitrogens with zero attached hydrogens (tertiary/aromatic N) is 1. The van der Waals surface area contributed by atoms with Crippen molar-refractivity contribution < 1.29 is 5.11 Å². The molecule has 1 heterocycles. The Morgan fingerprint density at radius 1 is 1.67 bits per heavy atom. The zero-order valence-electron chi connectivity index (χ0n) is 7.40. The largest absolute Gasteiger partial charge is 0.387 e. The first-order valence-corrected chi connectivity index (χ1v) is 4.32. The fourth-order valence-corrected chi connectivity index (χ4v) is 1.32. The van der Waals surface area contributed by atoms with E-state index in [9.17, 15) is 5.11 Å². The Labute approximate surface area is 72.8 Å². The summed E-state index contributed by atoms with van der Waals surface area (Å²) in [5.41, 5.74) is 6.32. The van der Waals surface area contributed by atoms with Crippen molar-refractivity contribution in [3.05, 3.63) is 24.0 Å². The van der Waals surface area contributed by atoms with Gasteiger partial charge >= 0.3 is 0 Å². The fraction of sp³-hybridized carbons (Fsp3) is 0.556. The second-order valence-corrected chi connectivity index (χ2v) is 2.81. The molecule has 0 aliphatic carbocycles. The highest BCUT2D eigenvalue weighted by molar-refractivity contribution is 5.10. The molecule has 1 atom stereocenters. The maximum atomic E-state index is 9.62. The van der Waals surface area contributed by atoms with Gasteiger partial charge in [-0.2, -0.15) is 0 Å². The van der Waals surface area contributed by atoms with Gasteiger partial charge in [0.25, 0.3) is 0 Å². The van der Waals surface area contributed by atoms with E-state index in [1.54, 1.807) is 0 Å². The molecule has 0 bridgehead atoms. The third-order valence-electron chi connectivity index (χ3n) is 1.99. The molecule has 0 saturated heterocycles. The molecule has 1 aromatic rings. The quantitative estimate of drug-likeness (QED) is 0.701. The molecule has 3 heteroatoms. The van der Waals surface area contributed by atoms with Crippen LogP contribution in [0.5, 0.6) is 0 Å². The van der Waals surface area contributed by atoms with E-state index in [0.717, 1.165) is 12.2 Å². The smallest absolute Gasteiger partial charge is 0.0951 e. The molecule has 3 nitrogen and oxygen atoms in total. The number of hydrogen-bond donors (Lipinski definition) is 2. The summed E-state index contributed by atoms with van der Waals surface area (Å²) in [5, 5.41) is 9.62. The van der Waals surface area contributed by atoms with Gasteiger partial charge in [0.1, 0.15) is 0 Å². The molecule has 0 aliphatic rings. The molecule has 0 amide bonds. The van der Waals surface area contributed by atoms with Gasteiger partial charge in [-0.1, -0.05) is 0 Å². The van der Waals surface area contributed by atoms with Gasteiger partial charge in [0.05, 0.1) is 6.10 Å². The number of aliphatic hydroxyl groups excluding tert-OH is 1. The van der Waals surface area contributed by atoms with Gasteiger partial charge in [-0.15, -0.1) is 0 Å². The number of nitrogens with two attached hydrogens (primary N) is 1. The Hall–Kier alpha value is -0.800. The summed E-state index contributed by atoms with van der Waals surface area (Å²) in [5.74, 6) is 0. The molecule has 12 heavy (non-hydrogen) atoms. The molecular weight excluding hydrogens is 152 g/mol. The van der Waals surface area contributed by atoms with Crippen LogP contribution in [0.25, 0.3) is 0 Å². The lowest BCUT2D eigenvalue weighted by molar-refractivity contribution is 0.161. The topological polar surface area (TPSA) is 51.2 Å². The van der Waals surface area contributed by atoms with E-state index in [1.165, 1.54) is 0 Å². The lowest BCUT2D eigenvalue weighted by Crippen LogP contribution is -2.10. The van der Waals surface area contributed by atoms with Crippen LogP contribution in [0.4, 0.5) is 0 Å². The summed E-state index contributed by atoms with van der Waals surface area (Å²) in [6.07, 6.45) is 2.18. The lowest BCUT2D eigenvalue weighted by Gasteiger charge is -2.11. The number of aryl methyl sites for hydroxylation is 1. The Bertz CT molecular complexity index is 232. The number of rotatable bonds is 4. The second-order valence-electron chi connectivity index (χ2n) is 2.81. The van der Waals surface area contributed by atoms with E-state index in [1.807, 2.05) is 22.9 Å². The molecular formula is C9H16N2O. The van der Waals surface area contributed by atoms with Crippen molar-refractivity contribution in [1.29, 1.82) is 0 Å². The Morgan fingerprint density at radius 3 is 3.00 bits per heavy atom. The highest BCUT2D eigenvalue weighted by Crippen LogP contribution is 2.16. The molecule has 0 saturated carbocycles. The Morgan fingerprint density at radius 2 is 2.42 bits per heavy atom. The summed E-state index contributed by atoms with van der Waals surface area (Å²) in [7, 11) is 0. The molecule has 0 spiro atoms. The molecule has 0 aromatic carbocycles. The van der Waals surface area contributed by atoms with Gasteiger partial charge in [-0.05, 0) is 32.0 Å². The van der Waals surface area contributed by atoms with Crippen LogP contribution in [0, 0.1) is 0 Å². The summed E-state index contributed by atoms with van der Waals surface area (Å²) in [6.45, 7) is 3.47. The third-order valence-corrected chi connectivity index (χ3v) is 1.99. The molecule has 3 N–H and O–H groups in total. The SMILES string of the molecule is CCn1cccc1C(O)CCN. The average Bonchev–Trinajstić information content (AvgIpc) is 2.51. The monoisotopic (exact) mass is 168 g/mol. The van der Waals surface area contributed by atoms with Gasteiger partial charge in [0.15, 0.2) is 0 Å². The van der Waals surface area contributed by atoms with Crippen LogP contribution in [0.2, 0.25) is 0 Å². The summed E-state index contributed by atoms with van der Waals surface area (Å²) in [4.78, 5) is 0. The van der Waals surface area contributed by atoms with Crippen LogP contribution in [-0.4, -0.2) is 16.2 Å².